The highest BCUT2D eigenvalue weighted by atomic mass is 35.5. The first-order chi connectivity index (χ1) is 20.3. The van der Waals surface area contributed by atoms with Crippen molar-refractivity contribution in [3.63, 3.8) is 0 Å². The van der Waals surface area contributed by atoms with Crippen LogP contribution in [0.25, 0.3) is 32.1 Å². The molecular formula is C29H28ClF3N6O2S. The van der Waals surface area contributed by atoms with Gasteiger partial charge in [-0.2, -0.15) is 15.2 Å². The molecule has 2 aromatic heterocycles. The van der Waals surface area contributed by atoms with E-state index in [2.05, 4.69) is 14.9 Å². The zero-order chi connectivity index (χ0) is 29.5. The number of aromatic nitrogens is 2. The summed E-state index contributed by atoms with van der Waals surface area (Å²) >= 11 is 7.53. The van der Waals surface area contributed by atoms with Crippen molar-refractivity contribution in [2.24, 2.45) is 0 Å². The fourth-order valence-corrected chi connectivity index (χ4v) is 7.29. The molecule has 0 spiro atoms. The lowest BCUT2D eigenvalue weighted by atomic mass is 9.97. The quantitative estimate of drug-likeness (QED) is 0.302. The number of morpholine rings is 1. The van der Waals surface area contributed by atoms with Crippen LogP contribution < -0.4 is 15.4 Å². The Bertz CT molecular complexity index is 1700. The van der Waals surface area contributed by atoms with Crippen LogP contribution in [0.1, 0.15) is 24.8 Å². The summed E-state index contributed by atoms with van der Waals surface area (Å²) in [5, 5.41) is 10.5. The third-order valence-corrected chi connectivity index (χ3v) is 9.32. The maximum Gasteiger partial charge on any atom is 0.318 e. The van der Waals surface area contributed by atoms with Crippen LogP contribution in [0.15, 0.2) is 18.2 Å². The number of benzene rings is 2. The van der Waals surface area contributed by atoms with E-state index in [9.17, 15) is 14.0 Å². The molecular weight excluding hydrogens is 589 g/mol. The molecule has 220 valence electrons. The molecule has 42 heavy (non-hydrogen) atoms. The molecule has 2 N–H and O–H groups in total. The maximum absolute atomic E-state index is 16.1. The van der Waals surface area contributed by atoms with Gasteiger partial charge in [-0.15, -0.1) is 11.3 Å². The zero-order valence-corrected chi connectivity index (χ0v) is 24.4. The fourth-order valence-electron chi connectivity index (χ4n) is 6.05. The topological polar surface area (TPSA) is 101 Å². The first kappa shape index (κ1) is 28.7. The van der Waals surface area contributed by atoms with Gasteiger partial charge in [0, 0.05) is 42.0 Å². The second-order valence-electron chi connectivity index (χ2n) is 10.5. The summed E-state index contributed by atoms with van der Waals surface area (Å²) in [4.78, 5) is 12.9. The minimum Gasteiger partial charge on any atom is -0.467 e. The highest BCUT2D eigenvalue weighted by molar-refractivity contribution is 7.23. The van der Waals surface area contributed by atoms with Crippen LogP contribution in [0.5, 0.6) is 6.01 Å². The highest BCUT2D eigenvalue weighted by Crippen LogP contribution is 2.45. The molecule has 7 rings (SSSR count). The number of anilines is 2. The lowest BCUT2D eigenvalue weighted by Gasteiger charge is -2.29. The molecule has 3 aliphatic heterocycles. The van der Waals surface area contributed by atoms with Crippen LogP contribution >= 0.6 is 22.9 Å². The number of fused-ring (bicyclic) bond motifs is 3. The summed E-state index contributed by atoms with van der Waals surface area (Å²) in [6.07, 6.45) is 2.81. The standard InChI is InChI=1S/C22H16ClF2N5O2S.C7H12FN/c1-31-22-28-18-11(21(29-22)30-4-6-32-7-5-30)8-13(23)16(17(18)25)10-2-3-14(24)19-15(10)12(9-26)20(27)33-19;8-6-4-7-2-1-3-9(7)5-6/h2-3,8H,4-7,27H2,1H3;6-7H,1-5H2/t;6-,7?/m.1/s1. The van der Waals surface area contributed by atoms with Gasteiger partial charge in [-0.1, -0.05) is 17.7 Å². The molecule has 0 radical (unpaired) electrons. The van der Waals surface area contributed by atoms with Gasteiger partial charge in [0.1, 0.15) is 34.4 Å². The van der Waals surface area contributed by atoms with E-state index in [1.165, 1.54) is 32.1 Å². The van der Waals surface area contributed by atoms with Crippen molar-refractivity contribution in [3.8, 4) is 23.2 Å². The first-order valence-corrected chi connectivity index (χ1v) is 14.9. The number of hydrogen-bond acceptors (Lipinski definition) is 9. The van der Waals surface area contributed by atoms with Crippen LogP contribution in [0, 0.1) is 23.0 Å². The third kappa shape index (κ3) is 5.08. The van der Waals surface area contributed by atoms with Crippen molar-refractivity contribution < 1.29 is 22.6 Å². The van der Waals surface area contributed by atoms with Gasteiger partial charge < -0.3 is 20.1 Å². The average Bonchev–Trinajstić information content (AvgIpc) is 3.67. The van der Waals surface area contributed by atoms with E-state index >= 15 is 4.39 Å². The number of rotatable bonds is 3. The van der Waals surface area contributed by atoms with Gasteiger partial charge in [0.2, 0.25) is 0 Å². The zero-order valence-electron chi connectivity index (χ0n) is 22.8. The molecule has 0 amide bonds. The first-order valence-electron chi connectivity index (χ1n) is 13.7. The molecule has 2 atom stereocenters. The van der Waals surface area contributed by atoms with E-state index in [0.717, 1.165) is 24.3 Å². The van der Waals surface area contributed by atoms with Crippen molar-refractivity contribution >= 4 is 54.7 Å². The van der Waals surface area contributed by atoms with Crippen molar-refractivity contribution in [2.75, 3.05) is 57.1 Å². The molecule has 0 saturated carbocycles. The summed E-state index contributed by atoms with van der Waals surface area (Å²) in [5.74, 6) is -0.800. The molecule has 0 bridgehead atoms. The second kappa shape index (κ2) is 11.7. The Morgan fingerprint density at radius 3 is 2.71 bits per heavy atom. The third-order valence-electron chi connectivity index (χ3n) is 7.99. The highest BCUT2D eigenvalue weighted by Gasteiger charge is 2.34. The Balaban J connectivity index is 0.000000296. The molecule has 0 aliphatic carbocycles. The number of methoxy groups -OCH3 is 1. The average molecular weight is 617 g/mol. The number of nitriles is 1. The molecule has 13 heteroatoms. The monoisotopic (exact) mass is 616 g/mol. The van der Waals surface area contributed by atoms with Gasteiger partial charge in [-0.3, -0.25) is 4.90 Å². The molecule has 8 nitrogen and oxygen atoms in total. The van der Waals surface area contributed by atoms with Gasteiger partial charge in [-0.05, 0) is 43.5 Å². The molecule has 3 fully saturated rings. The van der Waals surface area contributed by atoms with E-state index in [0.29, 0.717) is 50.1 Å². The molecule has 3 saturated heterocycles. The summed E-state index contributed by atoms with van der Waals surface area (Å²) < 4.78 is 54.0. The van der Waals surface area contributed by atoms with E-state index < -0.39 is 17.8 Å². The number of ether oxygens (including phenoxy) is 2. The number of hydrogen-bond donors (Lipinski definition) is 1. The number of alkyl halides is 1. The molecule has 4 aromatic rings. The lowest BCUT2D eigenvalue weighted by molar-refractivity contribution is 0.122. The van der Waals surface area contributed by atoms with E-state index in [-0.39, 0.29) is 48.3 Å². The minimum atomic E-state index is -0.728. The Hall–Kier alpha value is -3.37. The Morgan fingerprint density at radius 2 is 2.00 bits per heavy atom. The van der Waals surface area contributed by atoms with E-state index in [4.69, 9.17) is 26.8 Å². The number of nitrogen functional groups attached to an aromatic ring is 1. The maximum atomic E-state index is 16.1. The van der Waals surface area contributed by atoms with Crippen molar-refractivity contribution in [1.82, 2.24) is 14.9 Å². The largest absolute Gasteiger partial charge is 0.467 e. The molecule has 2 aromatic carbocycles. The Kier molecular flexibility index (Phi) is 8.02. The van der Waals surface area contributed by atoms with Crippen LogP contribution in [0.4, 0.5) is 24.0 Å². The predicted molar refractivity (Wildman–Crippen MR) is 158 cm³/mol. The van der Waals surface area contributed by atoms with Crippen molar-refractivity contribution in [3.05, 3.63) is 40.4 Å². The van der Waals surface area contributed by atoms with Gasteiger partial charge >= 0.3 is 6.01 Å². The van der Waals surface area contributed by atoms with E-state index in [1.54, 1.807) is 6.07 Å². The summed E-state index contributed by atoms with van der Waals surface area (Å²) in [5.41, 5.74) is 6.27. The molecule has 5 heterocycles. The number of halogens is 4. The second-order valence-corrected chi connectivity index (χ2v) is 11.9. The smallest absolute Gasteiger partial charge is 0.318 e. The van der Waals surface area contributed by atoms with Crippen molar-refractivity contribution in [2.45, 2.75) is 31.5 Å². The fraction of sp³-hybridized carbons (Fsp3) is 0.414. The van der Waals surface area contributed by atoms with Gasteiger partial charge in [0.05, 0.1) is 35.6 Å². The minimum absolute atomic E-state index is 0.00178. The van der Waals surface area contributed by atoms with Gasteiger partial charge in [-0.25, -0.2) is 13.2 Å². The van der Waals surface area contributed by atoms with Crippen LogP contribution in [0.3, 0.4) is 0 Å². The van der Waals surface area contributed by atoms with Crippen LogP contribution in [-0.4, -0.2) is 73.6 Å². The lowest BCUT2D eigenvalue weighted by Crippen LogP contribution is -2.37. The summed E-state index contributed by atoms with van der Waals surface area (Å²) in [6.45, 7) is 4.00. The number of nitrogens with zero attached hydrogens (tertiary/aromatic N) is 5. The van der Waals surface area contributed by atoms with Gasteiger partial charge in [0.15, 0.2) is 5.82 Å². The van der Waals surface area contributed by atoms with Crippen molar-refractivity contribution in [1.29, 1.82) is 5.26 Å². The summed E-state index contributed by atoms with van der Waals surface area (Å²) in [6, 6.07) is 6.77. The summed E-state index contributed by atoms with van der Waals surface area (Å²) in [7, 11) is 1.40. The Morgan fingerprint density at radius 1 is 1.21 bits per heavy atom. The predicted octanol–water partition coefficient (Wildman–Crippen LogP) is 5.93. The van der Waals surface area contributed by atoms with E-state index in [1.807, 2.05) is 11.0 Å². The number of thiophene rings is 1. The number of nitrogens with two attached hydrogens (primary N) is 1. The normalized spacial score (nSPS) is 20.4. The molecule has 1 unspecified atom stereocenters. The van der Waals surface area contributed by atoms with Gasteiger partial charge in [0.25, 0.3) is 0 Å². The Labute approximate surface area is 249 Å². The van der Waals surface area contributed by atoms with Crippen LogP contribution in [0.2, 0.25) is 5.02 Å². The SMILES string of the molecule is COc1nc(N2CCOCC2)c2cc(Cl)c(-c3ccc(F)c4sc(N)c(C#N)c34)c(F)c2n1.F[C@@H]1CC2CCCN2C1. The van der Waals surface area contributed by atoms with Crippen LogP contribution in [-0.2, 0) is 4.74 Å². The molecule has 3 aliphatic rings.